The van der Waals surface area contributed by atoms with Gasteiger partial charge in [-0.05, 0) is 25.0 Å². The molecule has 0 radical (unpaired) electrons. The lowest BCUT2D eigenvalue weighted by Gasteiger charge is -2.11. The van der Waals surface area contributed by atoms with E-state index in [1.165, 1.54) is 18.2 Å². The second-order valence-corrected chi connectivity index (χ2v) is 4.85. The molecule has 1 aliphatic heterocycles. The van der Waals surface area contributed by atoms with Crippen LogP contribution in [0.15, 0.2) is 24.3 Å². The van der Waals surface area contributed by atoms with Gasteiger partial charge in [-0.1, -0.05) is 6.07 Å². The molecule has 1 aromatic rings. The maximum atomic E-state index is 12.9. The average molecular weight is 311 g/mol. The molecule has 120 valence electrons. The quantitative estimate of drug-likeness (QED) is 0.762. The standard InChI is InChI=1S/C15H18FNO5/c16-11-3-1-4-12(7-11)21-10-15(19)22-9-14(18)17-8-13-5-2-6-20-13/h1,3-4,7,13H,2,5-6,8-10H2,(H,17,18)/t13-/m0/s1. The largest absolute Gasteiger partial charge is 0.482 e. The molecule has 1 aromatic carbocycles. The smallest absolute Gasteiger partial charge is 0.344 e. The monoisotopic (exact) mass is 311 g/mol. The van der Waals surface area contributed by atoms with Gasteiger partial charge in [-0.15, -0.1) is 0 Å². The SMILES string of the molecule is O=C(COC(=O)COc1cccc(F)c1)NC[C@@H]1CCCO1. The molecule has 1 N–H and O–H groups in total. The Labute approximate surface area is 127 Å². The Bertz CT molecular complexity index is 516. The normalized spacial score (nSPS) is 17.0. The maximum Gasteiger partial charge on any atom is 0.344 e. The average Bonchev–Trinajstić information content (AvgIpc) is 3.02. The van der Waals surface area contributed by atoms with Crippen LogP contribution >= 0.6 is 0 Å². The third-order valence-corrected chi connectivity index (χ3v) is 3.07. The summed E-state index contributed by atoms with van der Waals surface area (Å²) >= 11 is 0. The van der Waals surface area contributed by atoms with E-state index in [2.05, 4.69) is 5.32 Å². The van der Waals surface area contributed by atoms with Crippen LogP contribution < -0.4 is 10.1 Å². The third kappa shape index (κ3) is 5.69. The number of hydrogen-bond acceptors (Lipinski definition) is 5. The van der Waals surface area contributed by atoms with E-state index in [9.17, 15) is 14.0 Å². The Balaban J connectivity index is 1.59. The number of carbonyl (C=O) groups is 2. The van der Waals surface area contributed by atoms with Gasteiger partial charge in [0.05, 0.1) is 6.10 Å². The minimum atomic E-state index is -0.698. The van der Waals surface area contributed by atoms with Crippen LogP contribution in [0.1, 0.15) is 12.8 Å². The topological polar surface area (TPSA) is 73.9 Å². The Morgan fingerprint density at radius 1 is 1.36 bits per heavy atom. The molecule has 1 amide bonds. The Kier molecular flexibility index (Phi) is 6.14. The summed E-state index contributed by atoms with van der Waals surface area (Å²) in [7, 11) is 0. The second-order valence-electron chi connectivity index (χ2n) is 4.85. The zero-order chi connectivity index (χ0) is 15.8. The van der Waals surface area contributed by atoms with E-state index in [1.807, 2.05) is 0 Å². The fourth-order valence-corrected chi connectivity index (χ4v) is 1.97. The van der Waals surface area contributed by atoms with Gasteiger partial charge < -0.3 is 19.5 Å². The Morgan fingerprint density at radius 3 is 2.95 bits per heavy atom. The van der Waals surface area contributed by atoms with Crippen molar-refractivity contribution in [2.45, 2.75) is 18.9 Å². The van der Waals surface area contributed by atoms with E-state index in [0.29, 0.717) is 13.2 Å². The first kappa shape index (κ1) is 16.2. The third-order valence-electron chi connectivity index (χ3n) is 3.07. The first-order valence-corrected chi connectivity index (χ1v) is 7.06. The van der Waals surface area contributed by atoms with E-state index in [0.717, 1.165) is 18.9 Å². The summed E-state index contributed by atoms with van der Waals surface area (Å²) < 4.78 is 28.1. The summed E-state index contributed by atoms with van der Waals surface area (Å²) in [5.41, 5.74) is 0. The molecule has 22 heavy (non-hydrogen) atoms. The number of carbonyl (C=O) groups excluding carboxylic acids is 2. The lowest BCUT2D eigenvalue weighted by Crippen LogP contribution is -2.35. The summed E-state index contributed by atoms with van der Waals surface area (Å²) in [6, 6.07) is 5.41. The molecule has 6 nitrogen and oxygen atoms in total. The Hall–Kier alpha value is -2.15. The van der Waals surface area contributed by atoms with Gasteiger partial charge in [0.1, 0.15) is 11.6 Å². The minimum absolute atomic E-state index is 0.0379. The summed E-state index contributed by atoms with van der Waals surface area (Å²) in [5.74, 6) is -1.33. The number of ether oxygens (including phenoxy) is 3. The predicted molar refractivity (Wildman–Crippen MR) is 74.8 cm³/mol. The molecule has 0 unspecified atom stereocenters. The first-order valence-electron chi connectivity index (χ1n) is 7.06. The summed E-state index contributed by atoms with van der Waals surface area (Å²) in [4.78, 5) is 22.9. The summed E-state index contributed by atoms with van der Waals surface area (Å²) in [5, 5.41) is 2.63. The molecule has 0 aromatic heterocycles. The minimum Gasteiger partial charge on any atom is -0.482 e. The molecule has 1 heterocycles. The van der Waals surface area contributed by atoms with Crippen molar-refractivity contribution in [3.8, 4) is 5.75 Å². The number of hydrogen-bond donors (Lipinski definition) is 1. The highest BCUT2D eigenvalue weighted by Gasteiger charge is 2.16. The maximum absolute atomic E-state index is 12.9. The van der Waals surface area contributed by atoms with Crippen molar-refractivity contribution in [1.82, 2.24) is 5.32 Å². The van der Waals surface area contributed by atoms with Crippen LogP contribution in [0.4, 0.5) is 4.39 Å². The van der Waals surface area contributed by atoms with Gasteiger partial charge in [-0.25, -0.2) is 9.18 Å². The van der Waals surface area contributed by atoms with Crippen LogP contribution in [0.25, 0.3) is 0 Å². The molecular formula is C15H18FNO5. The summed E-state index contributed by atoms with van der Waals surface area (Å²) in [6.07, 6.45) is 1.95. The van der Waals surface area contributed by atoms with Gasteiger partial charge in [0.15, 0.2) is 13.2 Å². The molecule has 1 aliphatic rings. The van der Waals surface area contributed by atoms with Gasteiger partial charge in [-0.3, -0.25) is 4.79 Å². The van der Waals surface area contributed by atoms with Crippen molar-refractivity contribution in [3.05, 3.63) is 30.1 Å². The van der Waals surface area contributed by atoms with Crippen LogP contribution in [-0.2, 0) is 19.1 Å². The molecule has 0 aliphatic carbocycles. The first-order chi connectivity index (χ1) is 10.6. The Morgan fingerprint density at radius 2 is 2.23 bits per heavy atom. The van der Waals surface area contributed by atoms with E-state index < -0.39 is 17.7 Å². The van der Waals surface area contributed by atoms with Crippen LogP contribution in [-0.4, -0.2) is 44.3 Å². The van der Waals surface area contributed by atoms with Gasteiger partial charge in [0, 0.05) is 19.2 Å². The van der Waals surface area contributed by atoms with Gasteiger partial charge in [-0.2, -0.15) is 0 Å². The van der Waals surface area contributed by atoms with Crippen molar-refractivity contribution in [1.29, 1.82) is 0 Å². The number of halogens is 1. The van der Waals surface area contributed by atoms with Crippen LogP contribution in [0.2, 0.25) is 0 Å². The molecular weight excluding hydrogens is 293 g/mol. The number of benzene rings is 1. The molecule has 1 fully saturated rings. The van der Waals surface area contributed by atoms with E-state index in [1.54, 1.807) is 0 Å². The van der Waals surface area contributed by atoms with Crippen LogP contribution in [0, 0.1) is 5.82 Å². The van der Waals surface area contributed by atoms with Crippen LogP contribution in [0.5, 0.6) is 5.75 Å². The van der Waals surface area contributed by atoms with Crippen molar-refractivity contribution >= 4 is 11.9 Å². The van der Waals surface area contributed by atoms with Crippen molar-refractivity contribution in [2.24, 2.45) is 0 Å². The summed E-state index contributed by atoms with van der Waals surface area (Å²) in [6.45, 7) is 0.365. The van der Waals surface area contributed by atoms with Gasteiger partial charge >= 0.3 is 5.97 Å². The van der Waals surface area contributed by atoms with E-state index in [-0.39, 0.29) is 25.1 Å². The molecule has 7 heteroatoms. The van der Waals surface area contributed by atoms with Gasteiger partial charge in [0.2, 0.25) is 0 Å². The molecule has 0 saturated carbocycles. The molecule has 0 bridgehead atoms. The number of amides is 1. The predicted octanol–water partition coefficient (Wildman–Crippen LogP) is 1.04. The molecule has 2 rings (SSSR count). The molecule has 0 spiro atoms. The highest BCUT2D eigenvalue weighted by atomic mass is 19.1. The van der Waals surface area contributed by atoms with Crippen molar-refractivity contribution < 1.29 is 28.2 Å². The van der Waals surface area contributed by atoms with Crippen LogP contribution in [0.3, 0.4) is 0 Å². The fraction of sp³-hybridized carbons (Fsp3) is 0.467. The lowest BCUT2D eigenvalue weighted by atomic mass is 10.2. The second kappa shape index (κ2) is 8.33. The van der Waals surface area contributed by atoms with Crippen molar-refractivity contribution in [2.75, 3.05) is 26.4 Å². The fourth-order valence-electron chi connectivity index (χ4n) is 1.97. The zero-order valence-electron chi connectivity index (χ0n) is 12.0. The van der Waals surface area contributed by atoms with E-state index >= 15 is 0 Å². The van der Waals surface area contributed by atoms with Crippen molar-refractivity contribution in [3.63, 3.8) is 0 Å². The number of rotatable bonds is 7. The zero-order valence-corrected chi connectivity index (χ0v) is 12.0. The van der Waals surface area contributed by atoms with Gasteiger partial charge in [0.25, 0.3) is 5.91 Å². The molecule has 1 atom stereocenters. The molecule has 1 saturated heterocycles. The number of esters is 1. The lowest BCUT2D eigenvalue weighted by molar-refractivity contribution is -0.150. The number of nitrogens with one attached hydrogen (secondary N) is 1. The van der Waals surface area contributed by atoms with E-state index in [4.69, 9.17) is 14.2 Å². The highest BCUT2D eigenvalue weighted by Crippen LogP contribution is 2.12. The highest BCUT2D eigenvalue weighted by molar-refractivity contribution is 5.80.